The van der Waals surface area contributed by atoms with Crippen molar-refractivity contribution in [1.29, 1.82) is 0 Å². The molecule has 16 fully saturated rings. The van der Waals surface area contributed by atoms with Gasteiger partial charge in [-0.25, -0.2) is 0 Å². The van der Waals surface area contributed by atoms with Crippen molar-refractivity contribution in [3.05, 3.63) is 24.3 Å². The fraction of sp³-hybridized carbons (Fsp3) is 0.917. The molecule has 81 heavy (non-hydrogen) atoms. The molecule has 0 saturated carbocycles. The number of hydrogen-bond acceptors (Lipinski definition) is 21. The van der Waals surface area contributed by atoms with Gasteiger partial charge in [-0.15, -0.1) is 0 Å². The van der Waals surface area contributed by atoms with Crippen molar-refractivity contribution in [3.8, 4) is 0 Å². The van der Waals surface area contributed by atoms with E-state index < -0.39 is 121 Å². The molecular formula is C60H86O21. The molecule has 0 amide bonds. The summed E-state index contributed by atoms with van der Waals surface area (Å²) in [5.41, 5.74) is 1.99. The number of aliphatic hydroxyl groups is 5. The van der Waals surface area contributed by atoms with Gasteiger partial charge in [-0.05, 0) is 73.8 Å². The van der Waals surface area contributed by atoms with Gasteiger partial charge in [-0.2, -0.15) is 0 Å². The molecule has 16 aliphatic heterocycles. The van der Waals surface area contributed by atoms with Crippen molar-refractivity contribution in [2.75, 3.05) is 6.61 Å². The Morgan fingerprint density at radius 2 is 1.27 bits per heavy atom. The van der Waals surface area contributed by atoms with Crippen LogP contribution in [0.3, 0.4) is 0 Å². The second-order valence-corrected chi connectivity index (χ2v) is 27.8. The van der Waals surface area contributed by atoms with Crippen LogP contribution in [-0.2, 0) is 75.8 Å². The van der Waals surface area contributed by atoms with Gasteiger partial charge in [0.2, 0.25) is 11.6 Å². The molecule has 12 bridgehead atoms. The van der Waals surface area contributed by atoms with Crippen molar-refractivity contribution >= 4 is 5.97 Å². The minimum absolute atomic E-state index is 0.0207. The van der Waals surface area contributed by atoms with Crippen LogP contribution in [0.5, 0.6) is 0 Å². The number of esters is 1. The first-order chi connectivity index (χ1) is 38.8. The van der Waals surface area contributed by atoms with Crippen LogP contribution in [-0.4, -0.2) is 214 Å². The lowest BCUT2D eigenvalue weighted by Crippen LogP contribution is -2.63. The van der Waals surface area contributed by atoms with Crippen LogP contribution in [0.25, 0.3) is 0 Å². The predicted molar refractivity (Wildman–Crippen MR) is 276 cm³/mol. The monoisotopic (exact) mass is 1140 g/mol. The zero-order chi connectivity index (χ0) is 55.8. The molecule has 0 aromatic heterocycles. The molecule has 16 saturated heterocycles. The molecule has 0 aliphatic carbocycles. The van der Waals surface area contributed by atoms with Crippen LogP contribution in [0.4, 0.5) is 0 Å². The summed E-state index contributed by atoms with van der Waals surface area (Å²) in [4.78, 5) is 14.6. The number of hydrogen-bond donors (Lipinski definition) is 5. The summed E-state index contributed by atoms with van der Waals surface area (Å²) in [5, 5.41) is 54.2. The van der Waals surface area contributed by atoms with E-state index in [0.29, 0.717) is 77.0 Å². The summed E-state index contributed by atoms with van der Waals surface area (Å²) in [6.45, 7) is 17.2. The number of fused-ring (bicyclic) bond motifs is 10. The zero-order valence-electron chi connectivity index (χ0n) is 47.2. The van der Waals surface area contributed by atoms with E-state index in [-0.39, 0.29) is 110 Å². The SMILES string of the molecule is C=C1C[C@@H]2CC[C@@]34O[C@H]5[C@H]6O[C@H](CC[C@@H]6OC6[C@H]5OC(O)([C@@H]6O3)[C@H]4O)CC(=O)O[C@@H]3[C@@H](C)[C@@H]4O[C@@H]5C[C@]6(C[C@@H]7O[C@]8(C[C@H](C)[C@@H]9O[C@H]([C@@H](O)C[C@@H](O)CO)C[C@@H]9O8)C[C@H](C)[C@@H]7O6)OC5C[C@@H]4O[C@H]3CC3O[C@@H](CCC1O2)C[C@@H](C)C3=C. The van der Waals surface area contributed by atoms with Gasteiger partial charge in [0.05, 0.1) is 123 Å². The van der Waals surface area contributed by atoms with E-state index in [9.17, 15) is 30.3 Å². The molecule has 33 atom stereocenters. The van der Waals surface area contributed by atoms with Crippen LogP contribution in [0.1, 0.15) is 137 Å². The molecule has 5 N–H and O–H groups in total. The lowest BCUT2D eigenvalue weighted by molar-refractivity contribution is -0.347. The van der Waals surface area contributed by atoms with Gasteiger partial charge in [0.25, 0.3) is 0 Å². The Bertz CT molecular complexity index is 2430. The van der Waals surface area contributed by atoms with E-state index in [1.165, 1.54) is 0 Å². The first kappa shape index (κ1) is 55.7. The molecule has 3 spiro atoms. The molecular weight excluding hydrogens is 1060 g/mol. The second-order valence-electron chi connectivity index (χ2n) is 27.8. The first-order valence-corrected chi connectivity index (χ1v) is 31.0. The highest BCUT2D eigenvalue weighted by molar-refractivity contribution is 5.70. The van der Waals surface area contributed by atoms with Gasteiger partial charge in [-0.1, -0.05) is 40.9 Å². The number of carbonyl (C=O) groups excluding carboxylic acids is 1. The fourth-order valence-corrected chi connectivity index (χ4v) is 18.2. The normalized spacial score (nSPS) is 57.9. The van der Waals surface area contributed by atoms with Gasteiger partial charge in [0.15, 0.2) is 17.7 Å². The molecule has 16 aliphatic rings. The number of aliphatic hydroxyl groups excluding tert-OH is 4. The van der Waals surface area contributed by atoms with E-state index in [1.54, 1.807) is 0 Å². The third-order valence-electron chi connectivity index (χ3n) is 22.2. The molecule has 21 heteroatoms. The van der Waals surface area contributed by atoms with Crippen LogP contribution in [0.2, 0.25) is 0 Å². The maximum Gasteiger partial charge on any atom is 0.308 e. The van der Waals surface area contributed by atoms with E-state index >= 15 is 0 Å². The molecule has 16 heterocycles. The molecule has 0 radical (unpaired) electrons. The summed E-state index contributed by atoms with van der Waals surface area (Å²) < 4.78 is 102. The molecule has 21 nitrogen and oxygen atoms in total. The molecule has 16 rings (SSSR count). The molecule has 452 valence electrons. The van der Waals surface area contributed by atoms with Crippen LogP contribution in [0, 0.1) is 23.7 Å². The molecule has 0 aromatic rings. The minimum Gasteiger partial charge on any atom is -0.459 e. The van der Waals surface area contributed by atoms with Gasteiger partial charge in [-0.3, -0.25) is 4.79 Å². The van der Waals surface area contributed by atoms with Crippen LogP contribution >= 0.6 is 0 Å². The molecule has 0 aromatic carbocycles. The van der Waals surface area contributed by atoms with E-state index in [1.807, 2.05) is 0 Å². The quantitative estimate of drug-likeness (QED) is 0.200. The average molecular weight is 1140 g/mol. The summed E-state index contributed by atoms with van der Waals surface area (Å²) in [7, 11) is 0. The fourth-order valence-electron chi connectivity index (χ4n) is 18.2. The van der Waals surface area contributed by atoms with Crippen molar-refractivity contribution < 1.29 is 101 Å². The first-order valence-electron chi connectivity index (χ1n) is 31.0. The topological polar surface area (TPSA) is 257 Å². The largest absolute Gasteiger partial charge is 0.459 e. The van der Waals surface area contributed by atoms with Gasteiger partial charge >= 0.3 is 5.97 Å². The second kappa shape index (κ2) is 20.4. The maximum absolute atomic E-state index is 14.6. The lowest BCUT2D eigenvalue weighted by Gasteiger charge is -2.50. The lowest BCUT2D eigenvalue weighted by atomic mass is 9.79. The highest BCUT2D eigenvalue weighted by Gasteiger charge is 2.79. The Morgan fingerprint density at radius 3 is 2.10 bits per heavy atom. The maximum atomic E-state index is 14.6. The van der Waals surface area contributed by atoms with E-state index in [0.717, 1.165) is 24.0 Å². The van der Waals surface area contributed by atoms with Crippen molar-refractivity contribution in [2.45, 2.75) is 313 Å². The average Bonchev–Trinajstić information content (AvgIpc) is 2.56. The molecule has 5 unspecified atom stereocenters. The van der Waals surface area contributed by atoms with Crippen molar-refractivity contribution in [1.82, 2.24) is 0 Å². The number of carbonyl (C=O) groups is 1. The summed E-state index contributed by atoms with van der Waals surface area (Å²) >= 11 is 0. The third-order valence-corrected chi connectivity index (χ3v) is 22.2. The van der Waals surface area contributed by atoms with Crippen LogP contribution < -0.4 is 0 Å². The Morgan fingerprint density at radius 1 is 0.568 bits per heavy atom. The Labute approximate surface area is 473 Å². The van der Waals surface area contributed by atoms with Crippen LogP contribution in [0.15, 0.2) is 24.3 Å². The minimum atomic E-state index is -2.03. The summed E-state index contributed by atoms with van der Waals surface area (Å²) in [5.74, 6) is -5.84. The van der Waals surface area contributed by atoms with E-state index in [2.05, 4.69) is 40.9 Å². The van der Waals surface area contributed by atoms with Gasteiger partial charge in [0.1, 0.15) is 36.6 Å². The van der Waals surface area contributed by atoms with Gasteiger partial charge < -0.3 is 96.6 Å². The predicted octanol–water partition coefficient (Wildman–Crippen LogP) is 3.22. The summed E-state index contributed by atoms with van der Waals surface area (Å²) in [6.07, 6.45) is -5.06. The highest BCUT2D eigenvalue weighted by Crippen LogP contribution is 2.60. The zero-order valence-corrected chi connectivity index (χ0v) is 47.2. The standard InChI is InChI=1S/C60H86O21/c1-25-13-32-7-9-36-26(2)14-34(67-36)11-12-59-56(65)60(66)55(81-59)54-53(80-60)52(79-59)51-37(71-54)10-8-33(69-51)16-46(64)74-50-30(6)49-42(70-41(50)17-38(68-32)29(25)5)19-40-44(73-49)22-58(75-40)23-45-48(78-58)28(4)21-57(77-45)20-27(3)47-43(76-57)18-39(72-47)35(63)15-31(62)24-61/h25,27-28,30-45,47-56,61-63,65-66H,2,5,7-24H2,1,3-4,6H3/t25-,27+,28+,30+,31-,32+,33-,34+,35+,36?,37+,38?,39+,40?,41+,42+,43+,44-,45+,47+,48+,49+,50-,51+,52+,53+,54?,55-,56+,57-,58+,59-,60?/m1/s1. The Balaban J connectivity index is 0.660. The van der Waals surface area contributed by atoms with Crippen molar-refractivity contribution in [3.63, 3.8) is 0 Å². The number of rotatable bonds is 4. The number of ether oxygens (including phenoxy) is 15. The van der Waals surface area contributed by atoms with Gasteiger partial charge in [0, 0.05) is 63.7 Å². The Hall–Kier alpha value is -1.81. The smallest absolute Gasteiger partial charge is 0.308 e. The third kappa shape index (κ3) is 9.28. The Kier molecular flexibility index (Phi) is 14.0. The highest BCUT2D eigenvalue weighted by atomic mass is 16.8. The van der Waals surface area contributed by atoms with E-state index in [4.69, 9.17) is 71.1 Å². The van der Waals surface area contributed by atoms with Crippen molar-refractivity contribution in [2.24, 2.45) is 23.7 Å². The summed E-state index contributed by atoms with van der Waals surface area (Å²) in [6, 6.07) is 0.